The van der Waals surface area contributed by atoms with Crippen molar-refractivity contribution in [2.45, 2.75) is 6.04 Å². The molecule has 0 aliphatic heterocycles. The molecule has 2 N–H and O–H groups in total. The summed E-state index contributed by atoms with van der Waals surface area (Å²) in [6.45, 7) is 0. The van der Waals surface area contributed by atoms with Gasteiger partial charge in [0.25, 0.3) is 0 Å². The van der Waals surface area contributed by atoms with Gasteiger partial charge in [0.15, 0.2) is 0 Å². The Morgan fingerprint density at radius 1 is 0.963 bits per heavy atom. The average Bonchev–Trinajstić information content (AvgIpc) is 2.74. The van der Waals surface area contributed by atoms with Gasteiger partial charge in [0.1, 0.15) is 17.0 Å². The van der Waals surface area contributed by atoms with Gasteiger partial charge in [-0.2, -0.15) is 0 Å². The number of benzene rings is 2. The van der Waals surface area contributed by atoms with Crippen molar-refractivity contribution < 1.29 is 9.84 Å². The molecule has 0 aliphatic carbocycles. The summed E-state index contributed by atoms with van der Waals surface area (Å²) >= 11 is 0. The molecule has 2 aromatic carbocycles. The van der Waals surface area contributed by atoms with Crippen LogP contribution in [0.4, 0.5) is 5.69 Å². The average molecular weight is 357 g/mol. The van der Waals surface area contributed by atoms with E-state index in [4.69, 9.17) is 4.74 Å². The molecule has 0 saturated heterocycles. The zero-order valence-corrected chi connectivity index (χ0v) is 14.8. The molecule has 1 atom stereocenters. The number of phenols is 1. The fourth-order valence-electron chi connectivity index (χ4n) is 3.12. The van der Waals surface area contributed by atoms with Crippen LogP contribution >= 0.6 is 0 Å². The van der Waals surface area contributed by atoms with E-state index in [1.807, 2.05) is 60.7 Å². The molecule has 0 spiro atoms. The molecular formula is C22H19N3O2. The van der Waals surface area contributed by atoms with E-state index in [1.54, 1.807) is 25.7 Å². The van der Waals surface area contributed by atoms with Crippen LogP contribution in [0.2, 0.25) is 0 Å². The molecule has 0 fully saturated rings. The van der Waals surface area contributed by atoms with Crippen molar-refractivity contribution in [3.05, 3.63) is 90.4 Å². The van der Waals surface area contributed by atoms with E-state index in [1.165, 1.54) is 0 Å². The molecule has 0 bridgehead atoms. The van der Waals surface area contributed by atoms with Crippen molar-refractivity contribution in [1.82, 2.24) is 9.97 Å². The molecule has 134 valence electrons. The van der Waals surface area contributed by atoms with Crippen LogP contribution in [-0.2, 0) is 0 Å². The lowest BCUT2D eigenvalue weighted by Gasteiger charge is -2.22. The van der Waals surface area contributed by atoms with E-state index in [9.17, 15) is 5.11 Å². The number of pyridine rings is 2. The van der Waals surface area contributed by atoms with Crippen molar-refractivity contribution in [3.8, 4) is 11.5 Å². The Hall–Kier alpha value is -3.60. The number of anilines is 1. The molecule has 4 aromatic rings. The van der Waals surface area contributed by atoms with Gasteiger partial charge >= 0.3 is 0 Å². The fraction of sp³-hybridized carbons (Fsp3) is 0.0909. The number of aromatic nitrogens is 2. The van der Waals surface area contributed by atoms with Gasteiger partial charge in [-0.05, 0) is 42.0 Å². The van der Waals surface area contributed by atoms with Gasteiger partial charge in [-0.15, -0.1) is 0 Å². The Bertz CT molecular complexity index is 1050. The number of ether oxygens (including phenoxy) is 1. The number of hydrogen-bond acceptors (Lipinski definition) is 5. The standard InChI is InChI=1S/C22H19N3O2/c1-27-18-9-7-17(8-10-18)25-20(16-5-2-12-23-14-16)19-11-6-15-4-3-13-24-21(15)22(19)26/h2-14,20,25-26H,1H3/t20-/m1/s1. The summed E-state index contributed by atoms with van der Waals surface area (Å²) in [5, 5.41) is 15.3. The third-order valence-corrected chi connectivity index (χ3v) is 4.51. The maximum atomic E-state index is 10.9. The number of nitrogens with zero attached hydrogens (tertiary/aromatic N) is 2. The van der Waals surface area contributed by atoms with Crippen LogP contribution < -0.4 is 10.1 Å². The lowest BCUT2D eigenvalue weighted by Crippen LogP contribution is -2.13. The van der Waals surface area contributed by atoms with E-state index >= 15 is 0 Å². The number of methoxy groups -OCH3 is 1. The quantitative estimate of drug-likeness (QED) is 0.549. The maximum Gasteiger partial charge on any atom is 0.147 e. The first-order chi connectivity index (χ1) is 13.3. The van der Waals surface area contributed by atoms with Gasteiger partial charge in [-0.1, -0.05) is 24.3 Å². The van der Waals surface area contributed by atoms with Crippen LogP contribution in [0.5, 0.6) is 11.5 Å². The molecule has 0 unspecified atom stereocenters. The number of nitrogens with one attached hydrogen (secondary N) is 1. The Morgan fingerprint density at radius 2 is 1.78 bits per heavy atom. The molecule has 5 nitrogen and oxygen atoms in total. The van der Waals surface area contributed by atoms with Gasteiger partial charge in [0.2, 0.25) is 0 Å². The molecule has 5 heteroatoms. The van der Waals surface area contributed by atoms with Gasteiger partial charge < -0.3 is 15.2 Å². The summed E-state index contributed by atoms with van der Waals surface area (Å²) in [6, 6.07) is 18.9. The first-order valence-electron chi connectivity index (χ1n) is 8.63. The molecule has 0 saturated carbocycles. The number of fused-ring (bicyclic) bond motifs is 1. The van der Waals surface area contributed by atoms with E-state index in [0.29, 0.717) is 5.52 Å². The van der Waals surface area contributed by atoms with Crippen LogP contribution in [0.1, 0.15) is 17.2 Å². The first-order valence-corrected chi connectivity index (χ1v) is 8.63. The van der Waals surface area contributed by atoms with E-state index in [2.05, 4.69) is 15.3 Å². The normalized spacial score (nSPS) is 11.9. The summed E-state index contributed by atoms with van der Waals surface area (Å²) in [7, 11) is 1.64. The van der Waals surface area contributed by atoms with Crippen LogP contribution in [0.15, 0.2) is 79.3 Å². The lowest BCUT2D eigenvalue weighted by atomic mass is 9.97. The zero-order chi connectivity index (χ0) is 18.6. The number of hydrogen-bond donors (Lipinski definition) is 2. The molecule has 0 radical (unpaired) electrons. The van der Waals surface area contributed by atoms with Crippen molar-refractivity contribution in [2.75, 3.05) is 12.4 Å². The Morgan fingerprint density at radius 3 is 2.52 bits per heavy atom. The van der Waals surface area contributed by atoms with Crippen molar-refractivity contribution in [1.29, 1.82) is 0 Å². The van der Waals surface area contributed by atoms with Crippen molar-refractivity contribution in [2.24, 2.45) is 0 Å². The first kappa shape index (κ1) is 16.8. The van der Waals surface area contributed by atoms with Gasteiger partial charge in [-0.3, -0.25) is 9.97 Å². The largest absolute Gasteiger partial charge is 0.505 e. The highest BCUT2D eigenvalue weighted by Gasteiger charge is 2.20. The van der Waals surface area contributed by atoms with E-state index < -0.39 is 0 Å². The second kappa shape index (κ2) is 7.33. The van der Waals surface area contributed by atoms with Crippen LogP contribution in [0, 0.1) is 0 Å². The van der Waals surface area contributed by atoms with Crippen LogP contribution in [-0.4, -0.2) is 22.2 Å². The predicted octanol–water partition coefficient (Wildman–Crippen LogP) is 4.55. The summed E-state index contributed by atoms with van der Waals surface area (Å²) in [4.78, 5) is 8.57. The van der Waals surface area contributed by atoms with Crippen molar-refractivity contribution >= 4 is 16.6 Å². The molecule has 2 heterocycles. The number of rotatable bonds is 5. The second-order valence-electron chi connectivity index (χ2n) is 6.17. The van der Waals surface area contributed by atoms with Gasteiger partial charge in [-0.25, -0.2) is 0 Å². The smallest absolute Gasteiger partial charge is 0.147 e. The minimum absolute atomic E-state index is 0.169. The monoisotopic (exact) mass is 357 g/mol. The highest BCUT2D eigenvalue weighted by Crippen LogP contribution is 2.36. The van der Waals surface area contributed by atoms with Gasteiger partial charge in [0, 0.05) is 35.2 Å². The predicted molar refractivity (Wildman–Crippen MR) is 106 cm³/mol. The highest BCUT2D eigenvalue weighted by atomic mass is 16.5. The lowest BCUT2D eigenvalue weighted by molar-refractivity contribution is 0.415. The topological polar surface area (TPSA) is 67.3 Å². The Balaban J connectivity index is 1.79. The summed E-state index contributed by atoms with van der Waals surface area (Å²) < 4.78 is 5.22. The van der Waals surface area contributed by atoms with Gasteiger partial charge in [0.05, 0.1) is 13.2 Å². The third-order valence-electron chi connectivity index (χ3n) is 4.51. The van der Waals surface area contributed by atoms with E-state index in [-0.39, 0.29) is 11.8 Å². The minimum atomic E-state index is -0.279. The third kappa shape index (κ3) is 3.40. The van der Waals surface area contributed by atoms with Crippen LogP contribution in [0.25, 0.3) is 10.9 Å². The van der Waals surface area contributed by atoms with Crippen molar-refractivity contribution in [3.63, 3.8) is 0 Å². The molecule has 0 aliphatic rings. The molecule has 27 heavy (non-hydrogen) atoms. The summed E-state index contributed by atoms with van der Waals surface area (Å²) in [6.07, 6.45) is 5.21. The summed E-state index contributed by atoms with van der Waals surface area (Å²) in [5.74, 6) is 0.958. The molecule has 4 rings (SSSR count). The number of aromatic hydroxyl groups is 1. The fourth-order valence-corrected chi connectivity index (χ4v) is 3.12. The van der Waals surface area contributed by atoms with Crippen LogP contribution in [0.3, 0.4) is 0 Å². The molecule has 0 amide bonds. The Labute approximate surface area is 157 Å². The molecular weight excluding hydrogens is 338 g/mol. The molecule has 2 aromatic heterocycles. The van der Waals surface area contributed by atoms with E-state index in [0.717, 1.165) is 28.0 Å². The summed E-state index contributed by atoms with van der Waals surface area (Å²) in [5.41, 5.74) is 3.18. The second-order valence-corrected chi connectivity index (χ2v) is 6.17. The maximum absolute atomic E-state index is 10.9. The number of phenolic OH excluding ortho intramolecular Hbond substituents is 1. The highest BCUT2D eigenvalue weighted by molar-refractivity contribution is 5.86. The Kier molecular flexibility index (Phi) is 4.58. The SMILES string of the molecule is COc1ccc(N[C@H](c2cccnc2)c2ccc3cccnc3c2O)cc1. The minimum Gasteiger partial charge on any atom is -0.505 e. The zero-order valence-electron chi connectivity index (χ0n) is 14.8.